The molecule has 0 aromatic heterocycles. The van der Waals surface area contributed by atoms with Crippen molar-refractivity contribution in [3.63, 3.8) is 0 Å². The van der Waals surface area contributed by atoms with Crippen LogP contribution in [0.15, 0.2) is 54.6 Å². The van der Waals surface area contributed by atoms with Gasteiger partial charge in [0.05, 0.1) is 54.9 Å². The molecule has 0 aliphatic heterocycles. The van der Waals surface area contributed by atoms with Crippen LogP contribution in [0.1, 0.15) is 24.0 Å². The Balaban J connectivity index is 1.71. The summed E-state index contributed by atoms with van der Waals surface area (Å²) in [5.41, 5.74) is 2.42. The van der Waals surface area contributed by atoms with Gasteiger partial charge < -0.3 is 38.6 Å². The predicted molar refractivity (Wildman–Crippen MR) is 156 cm³/mol. The van der Waals surface area contributed by atoms with Crippen molar-refractivity contribution in [2.24, 2.45) is 0 Å². The van der Waals surface area contributed by atoms with Crippen LogP contribution in [0, 0.1) is 0 Å². The second kappa shape index (κ2) is 15.3. The number of rotatable bonds is 15. The zero-order valence-corrected chi connectivity index (χ0v) is 24.4. The minimum absolute atomic E-state index is 0.00894. The lowest BCUT2D eigenvalue weighted by Gasteiger charge is -2.25. The SMILES string of the molecule is COc1ccc(CN(C(=O)CCC(=O)NCCc2ccc(OC)c(OC)c2)c2cc(OC)c(OC)c(OC)c2)cc1. The minimum atomic E-state index is -0.231. The molecule has 0 saturated carbocycles. The summed E-state index contributed by atoms with van der Waals surface area (Å²) in [5.74, 6) is 2.80. The molecule has 0 aliphatic rings. The van der Waals surface area contributed by atoms with Crippen molar-refractivity contribution in [3.8, 4) is 34.5 Å². The Morgan fingerprint density at radius 2 is 1.27 bits per heavy atom. The van der Waals surface area contributed by atoms with E-state index in [2.05, 4.69) is 5.32 Å². The highest BCUT2D eigenvalue weighted by Gasteiger charge is 2.22. The molecular weight excluding hydrogens is 528 g/mol. The topological polar surface area (TPSA) is 105 Å². The Labute approximate surface area is 241 Å². The standard InChI is InChI=1S/C31H38N2O8/c1-36-24-10-7-22(8-11-24)20-33(23-18-27(39-4)31(41-6)28(19-23)40-5)30(35)14-13-29(34)32-16-15-21-9-12-25(37-2)26(17-21)38-3/h7-12,17-19H,13-16,20H2,1-6H3,(H,32,34). The number of amides is 2. The number of carbonyl (C=O) groups is 2. The Kier molecular flexibility index (Phi) is 11.5. The number of ether oxygens (including phenoxy) is 6. The largest absolute Gasteiger partial charge is 0.497 e. The van der Waals surface area contributed by atoms with Gasteiger partial charge in [-0.3, -0.25) is 9.59 Å². The highest BCUT2D eigenvalue weighted by molar-refractivity contribution is 5.96. The first kappa shape index (κ1) is 30.9. The molecule has 0 heterocycles. The molecule has 41 heavy (non-hydrogen) atoms. The van der Waals surface area contributed by atoms with Crippen molar-refractivity contribution >= 4 is 17.5 Å². The summed E-state index contributed by atoms with van der Waals surface area (Å²) in [6.07, 6.45) is 0.651. The van der Waals surface area contributed by atoms with Crippen molar-refractivity contribution in [2.45, 2.75) is 25.8 Å². The lowest BCUT2D eigenvalue weighted by Crippen LogP contribution is -2.32. The fourth-order valence-corrected chi connectivity index (χ4v) is 4.29. The summed E-state index contributed by atoms with van der Waals surface area (Å²) < 4.78 is 32.3. The highest BCUT2D eigenvalue weighted by Crippen LogP contribution is 2.41. The van der Waals surface area contributed by atoms with Crippen LogP contribution >= 0.6 is 0 Å². The van der Waals surface area contributed by atoms with E-state index < -0.39 is 0 Å². The lowest BCUT2D eigenvalue weighted by molar-refractivity contribution is -0.125. The molecule has 0 spiro atoms. The Bertz CT molecular complexity index is 1280. The summed E-state index contributed by atoms with van der Waals surface area (Å²) in [4.78, 5) is 27.8. The van der Waals surface area contributed by atoms with Gasteiger partial charge in [0.15, 0.2) is 23.0 Å². The molecule has 0 unspecified atom stereocenters. The quantitative estimate of drug-likeness (QED) is 0.289. The number of carbonyl (C=O) groups excluding carboxylic acids is 2. The summed E-state index contributed by atoms with van der Waals surface area (Å²) in [6, 6.07) is 16.5. The van der Waals surface area contributed by atoms with Gasteiger partial charge in [0.25, 0.3) is 0 Å². The molecule has 3 rings (SSSR count). The van der Waals surface area contributed by atoms with E-state index in [0.29, 0.717) is 53.2 Å². The van der Waals surface area contributed by atoms with E-state index in [1.807, 2.05) is 42.5 Å². The molecule has 3 aromatic rings. The highest BCUT2D eigenvalue weighted by atomic mass is 16.5. The van der Waals surface area contributed by atoms with Crippen LogP contribution in [0.25, 0.3) is 0 Å². The van der Waals surface area contributed by atoms with Gasteiger partial charge in [0.2, 0.25) is 17.6 Å². The number of hydrogen-bond donors (Lipinski definition) is 1. The molecule has 0 saturated heterocycles. The van der Waals surface area contributed by atoms with Crippen LogP contribution in [0.2, 0.25) is 0 Å². The molecule has 0 bridgehead atoms. The van der Waals surface area contributed by atoms with Gasteiger partial charge in [-0.1, -0.05) is 18.2 Å². The molecule has 220 valence electrons. The van der Waals surface area contributed by atoms with E-state index in [1.54, 1.807) is 38.4 Å². The molecule has 0 atom stereocenters. The first-order valence-electron chi connectivity index (χ1n) is 13.1. The van der Waals surface area contributed by atoms with E-state index in [0.717, 1.165) is 11.1 Å². The van der Waals surface area contributed by atoms with Gasteiger partial charge in [-0.15, -0.1) is 0 Å². The molecule has 0 fully saturated rings. The van der Waals surface area contributed by atoms with E-state index in [9.17, 15) is 9.59 Å². The van der Waals surface area contributed by atoms with Crippen molar-refractivity contribution < 1.29 is 38.0 Å². The molecule has 10 nitrogen and oxygen atoms in total. The van der Waals surface area contributed by atoms with Gasteiger partial charge in [-0.25, -0.2) is 0 Å². The fraction of sp³-hybridized carbons (Fsp3) is 0.355. The zero-order chi connectivity index (χ0) is 29.8. The number of benzene rings is 3. The van der Waals surface area contributed by atoms with E-state index in [4.69, 9.17) is 28.4 Å². The predicted octanol–water partition coefficient (Wildman–Crippen LogP) is 4.41. The van der Waals surface area contributed by atoms with Gasteiger partial charge in [-0.05, 0) is 41.8 Å². The number of methoxy groups -OCH3 is 6. The molecule has 3 aromatic carbocycles. The maximum Gasteiger partial charge on any atom is 0.227 e. The Hall–Kier alpha value is -4.60. The normalized spacial score (nSPS) is 10.4. The summed E-state index contributed by atoms with van der Waals surface area (Å²) >= 11 is 0. The molecule has 0 aliphatic carbocycles. The van der Waals surface area contributed by atoms with E-state index >= 15 is 0 Å². The van der Waals surface area contributed by atoms with Crippen molar-refractivity contribution in [3.05, 3.63) is 65.7 Å². The Morgan fingerprint density at radius 1 is 0.659 bits per heavy atom. The molecule has 1 N–H and O–H groups in total. The van der Waals surface area contributed by atoms with Gasteiger partial charge in [0, 0.05) is 31.5 Å². The van der Waals surface area contributed by atoms with Crippen LogP contribution in [0.5, 0.6) is 34.5 Å². The first-order valence-corrected chi connectivity index (χ1v) is 13.1. The van der Waals surface area contributed by atoms with Crippen LogP contribution in [-0.4, -0.2) is 61.0 Å². The number of nitrogens with zero attached hydrogens (tertiary/aromatic N) is 1. The summed E-state index contributed by atoms with van der Waals surface area (Å²) in [7, 11) is 9.31. The molecular formula is C31H38N2O8. The first-order chi connectivity index (χ1) is 19.9. The fourth-order valence-electron chi connectivity index (χ4n) is 4.29. The lowest BCUT2D eigenvalue weighted by atomic mass is 10.1. The molecule has 10 heteroatoms. The van der Waals surface area contributed by atoms with Crippen molar-refractivity contribution in [1.82, 2.24) is 5.32 Å². The smallest absolute Gasteiger partial charge is 0.227 e. The Morgan fingerprint density at radius 3 is 1.83 bits per heavy atom. The van der Waals surface area contributed by atoms with E-state index in [1.165, 1.54) is 21.3 Å². The monoisotopic (exact) mass is 566 g/mol. The second-order valence-electron chi connectivity index (χ2n) is 9.00. The third-order valence-electron chi connectivity index (χ3n) is 6.51. The van der Waals surface area contributed by atoms with Gasteiger partial charge in [-0.2, -0.15) is 0 Å². The van der Waals surface area contributed by atoms with Crippen LogP contribution in [-0.2, 0) is 22.6 Å². The maximum absolute atomic E-state index is 13.5. The summed E-state index contributed by atoms with van der Waals surface area (Å²) in [5, 5.41) is 2.89. The third kappa shape index (κ3) is 8.20. The summed E-state index contributed by atoms with van der Waals surface area (Å²) in [6.45, 7) is 0.688. The number of nitrogens with one attached hydrogen (secondary N) is 1. The third-order valence-corrected chi connectivity index (χ3v) is 6.51. The number of hydrogen-bond acceptors (Lipinski definition) is 8. The number of anilines is 1. The van der Waals surface area contributed by atoms with Crippen LogP contribution < -0.4 is 38.6 Å². The minimum Gasteiger partial charge on any atom is -0.497 e. The van der Waals surface area contributed by atoms with Gasteiger partial charge in [0.1, 0.15) is 5.75 Å². The molecule has 0 radical (unpaired) electrons. The van der Waals surface area contributed by atoms with Crippen molar-refractivity contribution in [2.75, 3.05) is 54.1 Å². The zero-order valence-electron chi connectivity index (χ0n) is 24.4. The average molecular weight is 567 g/mol. The van der Waals surface area contributed by atoms with Gasteiger partial charge >= 0.3 is 0 Å². The van der Waals surface area contributed by atoms with Crippen molar-refractivity contribution in [1.29, 1.82) is 0 Å². The average Bonchev–Trinajstić information content (AvgIpc) is 3.01. The van der Waals surface area contributed by atoms with E-state index in [-0.39, 0.29) is 31.2 Å². The van der Waals surface area contributed by atoms with Crippen LogP contribution in [0.3, 0.4) is 0 Å². The second-order valence-corrected chi connectivity index (χ2v) is 9.00. The molecule has 2 amide bonds. The van der Waals surface area contributed by atoms with Crippen LogP contribution in [0.4, 0.5) is 5.69 Å². The maximum atomic E-state index is 13.5.